The van der Waals surface area contributed by atoms with Crippen LogP contribution >= 0.6 is 0 Å². The number of para-hydroxylation sites is 1. The number of nitrogens with zero attached hydrogens (tertiary/aromatic N) is 3. The lowest BCUT2D eigenvalue weighted by molar-refractivity contribution is 0.669. The summed E-state index contributed by atoms with van der Waals surface area (Å²) in [5.74, 6) is 1.85. The highest BCUT2D eigenvalue weighted by molar-refractivity contribution is 6.13. The summed E-state index contributed by atoms with van der Waals surface area (Å²) >= 11 is 0. The average molecular weight is 628 g/mol. The molecule has 9 aromatic rings. The van der Waals surface area contributed by atoms with E-state index in [0.29, 0.717) is 17.5 Å². The molecule has 0 amide bonds. The van der Waals surface area contributed by atoms with Crippen LogP contribution in [0.4, 0.5) is 0 Å². The van der Waals surface area contributed by atoms with Crippen molar-refractivity contribution in [2.45, 2.75) is 0 Å². The van der Waals surface area contributed by atoms with Gasteiger partial charge in [-0.2, -0.15) is 0 Å². The van der Waals surface area contributed by atoms with Crippen LogP contribution in [0.15, 0.2) is 180 Å². The quantitative estimate of drug-likeness (QED) is 0.184. The van der Waals surface area contributed by atoms with Crippen LogP contribution in [-0.2, 0) is 0 Å². The standard InChI is InChI=1S/C45H29N3O/c1-4-12-30(13-5-1)31-20-22-32(23-21-31)33-24-26-34(27-25-33)37-28-39(42-38-18-10-11-19-40(38)49-41(42)29-37)45-47-43(35-14-6-2-7-15-35)46-44(48-45)36-16-8-3-9-17-36/h1-29H. The van der Waals surface area contributed by atoms with Gasteiger partial charge in [-0.3, -0.25) is 0 Å². The number of fused-ring (bicyclic) bond motifs is 3. The lowest BCUT2D eigenvalue weighted by Gasteiger charge is -2.11. The summed E-state index contributed by atoms with van der Waals surface area (Å²) in [6, 6.07) is 60.5. The number of furan rings is 1. The third-order valence-electron chi connectivity index (χ3n) is 8.96. The zero-order valence-corrected chi connectivity index (χ0v) is 26.5. The maximum atomic E-state index is 6.48. The normalized spacial score (nSPS) is 11.3. The van der Waals surface area contributed by atoms with Crippen molar-refractivity contribution in [1.29, 1.82) is 0 Å². The van der Waals surface area contributed by atoms with Gasteiger partial charge in [-0.15, -0.1) is 0 Å². The average Bonchev–Trinajstić information content (AvgIpc) is 3.57. The molecule has 0 aliphatic rings. The maximum absolute atomic E-state index is 6.48. The first-order valence-corrected chi connectivity index (χ1v) is 16.4. The Morgan fingerprint density at radius 3 is 1.24 bits per heavy atom. The van der Waals surface area contributed by atoms with Crippen LogP contribution in [-0.4, -0.2) is 15.0 Å². The molecule has 0 aliphatic heterocycles. The van der Waals surface area contributed by atoms with Crippen LogP contribution < -0.4 is 0 Å². The predicted molar refractivity (Wildman–Crippen MR) is 200 cm³/mol. The largest absolute Gasteiger partial charge is 0.456 e. The van der Waals surface area contributed by atoms with Crippen LogP contribution in [0.2, 0.25) is 0 Å². The summed E-state index contributed by atoms with van der Waals surface area (Å²) in [4.78, 5) is 15.1. The fraction of sp³-hybridized carbons (Fsp3) is 0. The molecule has 230 valence electrons. The summed E-state index contributed by atoms with van der Waals surface area (Å²) in [5.41, 5.74) is 11.2. The lowest BCUT2D eigenvalue weighted by atomic mass is 9.96. The second kappa shape index (κ2) is 12.2. The minimum absolute atomic E-state index is 0.598. The number of aromatic nitrogens is 3. The molecule has 0 fully saturated rings. The van der Waals surface area contributed by atoms with E-state index < -0.39 is 0 Å². The maximum Gasteiger partial charge on any atom is 0.164 e. The van der Waals surface area contributed by atoms with E-state index in [-0.39, 0.29) is 0 Å². The molecular weight excluding hydrogens is 599 g/mol. The summed E-state index contributed by atoms with van der Waals surface area (Å²) in [5, 5.41) is 2.01. The SMILES string of the molecule is c1ccc(-c2ccc(-c3ccc(-c4cc(-c5nc(-c6ccccc6)nc(-c6ccccc6)n5)c5c(c4)oc4ccccc45)cc3)cc2)cc1. The highest BCUT2D eigenvalue weighted by atomic mass is 16.3. The minimum atomic E-state index is 0.598. The van der Waals surface area contributed by atoms with E-state index >= 15 is 0 Å². The molecule has 0 aliphatic carbocycles. The van der Waals surface area contributed by atoms with E-state index in [1.165, 1.54) is 16.7 Å². The fourth-order valence-corrected chi connectivity index (χ4v) is 6.47. The molecule has 0 radical (unpaired) electrons. The van der Waals surface area contributed by atoms with Gasteiger partial charge in [0.1, 0.15) is 11.2 Å². The van der Waals surface area contributed by atoms with Gasteiger partial charge in [-0.05, 0) is 51.6 Å². The fourth-order valence-electron chi connectivity index (χ4n) is 6.47. The molecule has 4 nitrogen and oxygen atoms in total. The Balaban J connectivity index is 1.18. The van der Waals surface area contributed by atoms with E-state index in [4.69, 9.17) is 19.4 Å². The Morgan fingerprint density at radius 1 is 0.306 bits per heavy atom. The van der Waals surface area contributed by atoms with Crippen LogP contribution in [0, 0.1) is 0 Å². The highest BCUT2D eigenvalue weighted by Gasteiger charge is 2.19. The summed E-state index contributed by atoms with van der Waals surface area (Å²) in [6.07, 6.45) is 0. The molecule has 0 N–H and O–H groups in total. The summed E-state index contributed by atoms with van der Waals surface area (Å²) < 4.78 is 6.48. The molecule has 0 bridgehead atoms. The molecule has 4 heteroatoms. The second-order valence-corrected chi connectivity index (χ2v) is 12.1. The monoisotopic (exact) mass is 627 g/mol. The molecule has 0 saturated carbocycles. The van der Waals surface area contributed by atoms with Crippen LogP contribution in [0.3, 0.4) is 0 Å². The summed E-state index contributed by atoms with van der Waals surface area (Å²) in [7, 11) is 0. The molecule has 0 spiro atoms. The van der Waals surface area contributed by atoms with Gasteiger partial charge in [-0.25, -0.2) is 15.0 Å². The van der Waals surface area contributed by atoms with Gasteiger partial charge < -0.3 is 4.42 Å². The van der Waals surface area contributed by atoms with Gasteiger partial charge in [0.05, 0.1) is 0 Å². The van der Waals surface area contributed by atoms with Crippen molar-refractivity contribution in [2.75, 3.05) is 0 Å². The first-order chi connectivity index (χ1) is 24.3. The summed E-state index contributed by atoms with van der Waals surface area (Å²) in [6.45, 7) is 0. The zero-order valence-electron chi connectivity index (χ0n) is 26.5. The van der Waals surface area contributed by atoms with Gasteiger partial charge >= 0.3 is 0 Å². The van der Waals surface area contributed by atoms with E-state index in [1.54, 1.807) is 0 Å². The number of hydrogen-bond acceptors (Lipinski definition) is 4. The molecule has 9 rings (SSSR count). The molecule has 2 heterocycles. The van der Waals surface area contributed by atoms with Gasteiger partial charge in [0, 0.05) is 27.5 Å². The Labute approximate surface area is 284 Å². The van der Waals surface area contributed by atoms with Crippen LogP contribution in [0.1, 0.15) is 0 Å². The van der Waals surface area contributed by atoms with Crippen molar-refractivity contribution in [1.82, 2.24) is 15.0 Å². The van der Waals surface area contributed by atoms with Crippen molar-refractivity contribution in [3.8, 4) is 67.5 Å². The topological polar surface area (TPSA) is 51.8 Å². The predicted octanol–water partition coefficient (Wildman–Crippen LogP) is 11.8. The molecule has 2 aromatic heterocycles. The molecular formula is C45H29N3O. The lowest BCUT2D eigenvalue weighted by Crippen LogP contribution is -2.00. The molecule has 0 saturated heterocycles. The minimum Gasteiger partial charge on any atom is -0.456 e. The highest BCUT2D eigenvalue weighted by Crippen LogP contribution is 2.40. The van der Waals surface area contributed by atoms with Crippen molar-refractivity contribution in [3.63, 3.8) is 0 Å². The van der Waals surface area contributed by atoms with Crippen LogP contribution in [0.25, 0.3) is 89.5 Å². The third-order valence-corrected chi connectivity index (χ3v) is 8.96. The van der Waals surface area contributed by atoms with E-state index in [2.05, 4.69) is 91.0 Å². The Morgan fingerprint density at radius 2 is 0.714 bits per heavy atom. The Bertz CT molecular complexity index is 2500. The Hall–Kier alpha value is -6.65. The van der Waals surface area contributed by atoms with Crippen molar-refractivity contribution in [3.05, 3.63) is 176 Å². The van der Waals surface area contributed by atoms with Gasteiger partial charge in [0.15, 0.2) is 17.5 Å². The smallest absolute Gasteiger partial charge is 0.164 e. The first-order valence-electron chi connectivity index (χ1n) is 16.4. The van der Waals surface area contributed by atoms with Crippen molar-refractivity contribution < 1.29 is 4.42 Å². The van der Waals surface area contributed by atoms with E-state index in [0.717, 1.165) is 55.3 Å². The molecule has 0 unspecified atom stereocenters. The van der Waals surface area contributed by atoms with Gasteiger partial charge in [0.2, 0.25) is 0 Å². The van der Waals surface area contributed by atoms with E-state index in [9.17, 15) is 0 Å². The van der Waals surface area contributed by atoms with Crippen molar-refractivity contribution in [2.24, 2.45) is 0 Å². The number of rotatable bonds is 6. The van der Waals surface area contributed by atoms with E-state index in [1.807, 2.05) is 84.9 Å². The third kappa shape index (κ3) is 5.45. The molecule has 7 aromatic carbocycles. The van der Waals surface area contributed by atoms with Gasteiger partial charge in [0.25, 0.3) is 0 Å². The second-order valence-electron chi connectivity index (χ2n) is 12.1. The number of benzene rings is 7. The zero-order chi connectivity index (χ0) is 32.6. The van der Waals surface area contributed by atoms with Crippen LogP contribution in [0.5, 0.6) is 0 Å². The Kier molecular flexibility index (Phi) is 7.10. The molecule has 0 atom stereocenters. The van der Waals surface area contributed by atoms with Crippen molar-refractivity contribution >= 4 is 21.9 Å². The first kappa shape index (κ1) is 28.6. The van der Waals surface area contributed by atoms with Gasteiger partial charge in [-0.1, -0.05) is 158 Å². The number of hydrogen-bond donors (Lipinski definition) is 0. The molecule has 49 heavy (non-hydrogen) atoms.